The molecule has 0 aliphatic carbocycles. The van der Waals surface area contributed by atoms with Gasteiger partial charge < -0.3 is 10.1 Å². The molecule has 1 fully saturated rings. The molecule has 154 valence electrons. The van der Waals surface area contributed by atoms with Crippen molar-refractivity contribution in [2.75, 3.05) is 13.2 Å². The molecular weight excluding hydrogens is 456 g/mol. The summed E-state index contributed by atoms with van der Waals surface area (Å²) in [5.74, 6) is 0.504. The smallest absolute Gasteiger partial charge is 0.243 e. The average Bonchev–Trinajstić information content (AvgIpc) is 2.75. The van der Waals surface area contributed by atoms with Gasteiger partial charge in [0, 0.05) is 23.0 Å². The van der Waals surface area contributed by atoms with Gasteiger partial charge in [-0.2, -0.15) is 4.31 Å². The summed E-state index contributed by atoms with van der Waals surface area (Å²) in [4.78, 5) is 13.4. The van der Waals surface area contributed by atoms with Crippen molar-refractivity contribution < 1.29 is 17.9 Å². The molecule has 0 radical (unpaired) electrons. The number of rotatable bonds is 4. The van der Waals surface area contributed by atoms with Crippen LogP contribution in [0.2, 0.25) is 0 Å². The monoisotopic (exact) mass is 478 g/mol. The zero-order chi connectivity index (χ0) is 20.4. The zero-order valence-electron chi connectivity index (χ0n) is 15.9. The van der Waals surface area contributed by atoms with E-state index < -0.39 is 16.1 Å². The van der Waals surface area contributed by atoms with Crippen LogP contribution in [-0.4, -0.2) is 37.8 Å². The SMILES string of the molecule is O=C(NC1CCOc2ccc(Br)cc21)C1CCCCN1S(=O)(=O)c1ccccc1. The van der Waals surface area contributed by atoms with Gasteiger partial charge in [-0.1, -0.05) is 40.5 Å². The second kappa shape index (κ2) is 8.45. The summed E-state index contributed by atoms with van der Waals surface area (Å²) < 4.78 is 34.3. The maximum atomic E-state index is 13.2. The highest BCUT2D eigenvalue weighted by atomic mass is 79.9. The van der Waals surface area contributed by atoms with Gasteiger partial charge >= 0.3 is 0 Å². The predicted molar refractivity (Wildman–Crippen MR) is 113 cm³/mol. The van der Waals surface area contributed by atoms with E-state index in [1.807, 2.05) is 18.2 Å². The minimum atomic E-state index is -3.72. The number of sulfonamides is 1. The molecule has 1 saturated heterocycles. The van der Waals surface area contributed by atoms with Crippen molar-refractivity contribution >= 4 is 31.9 Å². The Morgan fingerprint density at radius 1 is 1.10 bits per heavy atom. The summed E-state index contributed by atoms with van der Waals surface area (Å²) in [6, 6.07) is 13.1. The molecule has 0 bridgehead atoms. The first-order valence-electron chi connectivity index (χ1n) is 9.76. The molecule has 2 aromatic rings. The van der Waals surface area contributed by atoms with Crippen LogP contribution >= 0.6 is 15.9 Å². The van der Waals surface area contributed by atoms with Gasteiger partial charge in [0.05, 0.1) is 17.5 Å². The van der Waals surface area contributed by atoms with Gasteiger partial charge in [0.25, 0.3) is 0 Å². The number of benzene rings is 2. The lowest BCUT2D eigenvalue weighted by Gasteiger charge is -2.35. The number of carbonyl (C=O) groups is 1. The maximum absolute atomic E-state index is 13.2. The van der Waals surface area contributed by atoms with Crippen LogP contribution in [0.1, 0.15) is 37.3 Å². The number of fused-ring (bicyclic) bond motifs is 1. The van der Waals surface area contributed by atoms with Crippen molar-refractivity contribution in [3.05, 3.63) is 58.6 Å². The Morgan fingerprint density at radius 2 is 1.90 bits per heavy atom. The van der Waals surface area contributed by atoms with Crippen molar-refractivity contribution in [3.8, 4) is 5.75 Å². The number of carbonyl (C=O) groups excluding carboxylic acids is 1. The highest BCUT2D eigenvalue weighted by molar-refractivity contribution is 9.10. The summed E-state index contributed by atoms with van der Waals surface area (Å²) in [5, 5.41) is 3.08. The molecule has 4 rings (SSSR count). The molecule has 2 aliphatic rings. The third-order valence-corrected chi connectivity index (χ3v) is 7.85. The van der Waals surface area contributed by atoms with Gasteiger partial charge in [-0.25, -0.2) is 8.42 Å². The van der Waals surface area contributed by atoms with Crippen LogP contribution in [0.25, 0.3) is 0 Å². The minimum absolute atomic E-state index is 0.202. The second-order valence-electron chi connectivity index (χ2n) is 7.32. The summed E-state index contributed by atoms with van der Waals surface area (Å²) in [7, 11) is -3.72. The molecule has 2 aromatic carbocycles. The van der Waals surface area contributed by atoms with Gasteiger partial charge in [0.2, 0.25) is 15.9 Å². The van der Waals surface area contributed by atoms with E-state index in [1.165, 1.54) is 4.31 Å². The fourth-order valence-electron chi connectivity index (χ4n) is 3.97. The number of amides is 1. The third kappa shape index (κ3) is 4.20. The first kappa shape index (κ1) is 20.4. The average molecular weight is 479 g/mol. The van der Waals surface area contributed by atoms with E-state index in [4.69, 9.17) is 4.74 Å². The Balaban J connectivity index is 1.57. The molecule has 29 heavy (non-hydrogen) atoms. The number of piperidine rings is 1. The number of ether oxygens (including phenoxy) is 1. The van der Waals surface area contributed by atoms with Crippen molar-refractivity contribution in [2.24, 2.45) is 0 Å². The normalized spacial score (nSPS) is 22.4. The summed E-state index contributed by atoms with van der Waals surface area (Å²) in [5.41, 5.74) is 0.909. The van der Waals surface area contributed by atoms with Crippen molar-refractivity contribution in [2.45, 2.75) is 42.7 Å². The Bertz CT molecular complexity index is 997. The lowest BCUT2D eigenvalue weighted by Crippen LogP contribution is -2.52. The highest BCUT2D eigenvalue weighted by Gasteiger charge is 2.38. The number of hydrogen-bond donors (Lipinski definition) is 1. The van der Waals surface area contributed by atoms with E-state index >= 15 is 0 Å². The van der Waals surface area contributed by atoms with E-state index in [0.29, 0.717) is 26.0 Å². The lowest BCUT2D eigenvalue weighted by atomic mass is 9.99. The molecule has 2 unspecified atom stereocenters. The predicted octanol–water partition coefficient (Wildman–Crippen LogP) is 3.63. The molecule has 2 atom stereocenters. The van der Waals surface area contributed by atoms with E-state index in [1.54, 1.807) is 30.3 Å². The fraction of sp³-hybridized carbons (Fsp3) is 0.381. The van der Waals surface area contributed by atoms with Crippen molar-refractivity contribution in [1.29, 1.82) is 0 Å². The van der Waals surface area contributed by atoms with Gasteiger partial charge in [-0.15, -0.1) is 0 Å². The van der Waals surface area contributed by atoms with E-state index in [9.17, 15) is 13.2 Å². The Kier molecular flexibility index (Phi) is 5.94. The van der Waals surface area contributed by atoms with E-state index in [0.717, 1.165) is 28.6 Å². The number of halogens is 1. The minimum Gasteiger partial charge on any atom is -0.493 e. The lowest BCUT2D eigenvalue weighted by molar-refractivity contribution is -0.126. The third-order valence-electron chi connectivity index (χ3n) is 5.43. The van der Waals surface area contributed by atoms with Gasteiger partial charge in [-0.05, 0) is 43.2 Å². The molecule has 8 heteroatoms. The van der Waals surface area contributed by atoms with Crippen molar-refractivity contribution in [1.82, 2.24) is 9.62 Å². The number of nitrogens with zero attached hydrogens (tertiary/aromatic N) is 1. The van der Waals surface area contributed by atoms with Gasteiger partial charge in [0.1, 0.15) is 11.8 Å². The standard InChI is InChI=1S/C21H23BrN2O4S/c22-15-9-10-20-17(14-15)18(11-13-28-20)23-21(25)19-8-4-5-12-24(19)29(26,27)16-6-2-1-3-7-16/h1-3,6-7,9-10,14,18-19H,4-5,8,11-13H2,(H,23,25). The summed E-state index contributed by atoms with van der Waals surface area (Å²) in [6.45, 7) is 0.863. The summed E-state index contributed by atoms with van der Waals surface area (Å²) >= 11 is 3.47. The van der Waals surface area contributed by atoms with Gasteiger partial charge in [-0.3, -0.25) is 4.79 Å². The zero-order valence-corrected chi connectivity index (χ0v) is 18.3. The Morgan fingerprint density at radius 3 is 2.69 bits per heavy atom. The van der Waals surface area contributed by atoms with E-state index in [-0.39, 0.29) is 16.8 Å². The molecule has 1 amide bonds. The molecule has 2 heterocycles. The first-order valence-corrected chi connectivity index (χ1v) is 12.0. The van der Waals surface area contributed by atoms with Crippen LogP contribution < -0.4 is 10.1 Å². The van der Waals surface area contributed by atoms with Gasteiger partial charge in [0.15, 0.2) is 0 Å². The number of nitrogens with one attached hydrogen (secondary N) is 1. The largest absolute Gasteiger partial charge is 0.493 e. The van der Waals surface area contributed by atoms with Crippen LogP contribution in [0.15, 0.2) is 57.9 Å². The molecule has 0 saturated carbocycles. The van der Waals surface area contributed by atoms with Crippen LogP contribution in [0.4, 0.5) is 0 Å². The first-order chi connectivity index (χ1) is 14.0. The topological polar surface area (TPSA) is 75.7 Å². The van der Waals surface area contributed by atoms with Crippen LogP contribution in [-0.2, 0) is 14.8 Å². The fourth-order valence-corrected chi connectivity index (χ4v) is 6.02. The quantitative estimate of drug-likeness (QED) is 0.727. The van der Waals surface area contributed by atoms with E-state index in [2.05, 4.69) is 21.2 Å². The molecular formula is C21H23BrN2O4S. The second-order valence-corrected chi connectivity index (χ2v) is 10.1. The highest BCUT2D eigenvalue weighted by Crippen LogP contribution is 2.35. The maximum Gasteiger partial charge on any atom is 0.243 e. The molecule has 2 aliphatic heterocycles. The van der Waals surface area contributed by atoms with Crippen LogP contribution in [0.5, 0.6) is 5.75 Å². The Hall–Kier alpha value is -1.90. The Labute approximate surface area is 179 Å². The van der Waals surface area contributed by atoms with Crippen molar-refractivity contribution in [3.63, 3.8) is 0 Å². The molecule has 1 N–H and O–H groups in total. The number of hydrogen-bond acceptors (Lipinski definition) is 4. The van der Waals surface area contributed by atoms with Crippen LogP contribution in [0, 0.1) is 0 Å². The molecule has 6 nitrogen and oxygen atoms in total. The van der Waals surface area contributed by atoms with Crippen LogP contribution in [0.3, 0.4) is 0 Å². The molecule has 0 spiro atoms. The molecule has 0 aromatic heterocycles. The summed E-state index contributed by atoms with van der Waals surface area (Å²) in [6.07, 6.45) is 2.75.